The molecular weight excluding hydrogens is 230 g/mol. The first-order valence-electron chi connectivity index (χ1n) is 6.60. The lowest BCUT2D eigenvalue weighted by atomic mass is 10.1. The quantitative estimate of drug-likeness (QED) is 0.751. The van der Waals surface area contributed by atoms with Crippen molar-refractivity contribution >= 4 is 5.95 Å². The lowest BCUT2D eigenvalue weighted by molar-refractivity contribution is 0.194. The molecular formula is C12H23N5O. The Morgan fingerprint density at radius 2 is 2.06 bits per heavy atom. The highest BCUT2D eigenvalue weighted by Gasteiger charge is 2.23. The van der Waals surface area contributed by atoms with Crippen LogP contribution in [0.25, 0.3) is 0 Å². The van der Waals surface area contributed by atoms with Crippen LogP contribution in [0.4, 0.5) is 5.95 Å². The van der Waals surface area contributed by atoms with Gasteiger partial charge in [0, 0.05) is 45.3 Å². The van der Waals surface area contributed by atoms with Crippen LogP contribution in [0, 0.1) is 0 Å². The van der Waals surface area contributed by atoms with Crippen LogP contribution in [0.3, 0.4) is 0 Å². The molecule has 2 heterocycles. The third kappa shape index (κ3) is 3.43. The molecule has 1 fully saturated rings. The van der Waals surface area contributed by atoms with E-state index in [1.807, 2.05) is 0 Å². The number of hydrogen-bond donors (Lipinski definition) is 2. The van der Waals surface area contributed by atoms with Gasteiger partial charge in [-0.2, -0.15) is 4.98 Å². The van der Waals surface area contributed by atoms with Crippen LogP contribution in [0.5, 0.6) is 0 Å². The molecule has 1 aromatic heterocycles. The molecule has 6 nitrogen and oxygen atoms in total. The standard InChI is InChI=1S/C12H23N5O/c1-9-7-17(8-10(2)13-9)12-14-11(15-16-12)5-4-6-18-3/h9-10,13H,4-8H2,1-3H3,(H,14,15,16). The molecule has 0 aromatic carbocycles. The fraction of sp³-hybridized carbons (Fsp3) is 0.833. The van der Waals surface area contributed by atoms with Crippen LogP contribution >= 0.6 is 0 Å². The number of piperazine rings is 1. The summed E-state index contributed by atoms with van der Waals surface area (Å²) in [7, 11) is 1.72. The van der Waals surface area contributed by atoms with Gasteiger partial charge in [-0.05, 0) is 20.3 Å². The molecule has 102 valence electrons. The molecule has 18 heavy (non-hydrogen) atoms. The first-order chi connectivity index (χ1) is 8.69. The molecule has 2 N–H and O–H groups in total. The largest absolute Gasteiger partial charge is 0.385 e. The molecule has 1 aromatic rings. The van der Waals surface area contributed by atoms with Crippen molar-refractivity contribution in [2.75, 3.05) is 31.7 Å². The summed E-state index contributed by atoms with van der Waals surface area (Å²) >= 11 is 0. The van der Waals surface area contributed by atoms with Gasteiger partial charge in [0.15, 0.2) is 0 Å². The Morgan fingerprint density at radius 1 is 1.33 bits per heavy atom. The van der Waals surface area contributed by atoms with Gasteiger partial charge in [0.05, 0.1) is 0 Å². The van der Waals surface area contributed by atoms with Crippen molar-refractivity contribution in [1.82, 2.24) is 20.5 Å². The maximum Gasteiger partial charge on any atom is 0.244 e. The smallest absolute Gasteiger partial charge is 0.244 e. The number of ether oxygens (including phenoxy) is 1. The van der Waals surface area contributed by atoms with Gasteiger partial charge in [-0.25, -0.2) is 0 Å². The summed E-state index contributed by atoms with van der Waals surface area (Å²) < 4.78 is 5.03. The first kappa shape index (κ1) is 13.3. The minimum Gasteiger partial charge on any atom is -0.385 e. The van der Waals surface area contributed by atoms with Crippen LogP contribution in [-0.4, -0.2) is 54.1 Å². The second-order valence-electron chi connectivity index (χ2n) is 5.05. The number of aryl methyl sites for hydroxylation is 1. The fourth-order valence-electron chi connectivity index (χ4n) is 2.41. The van der Waals surface area contributed by atoms with Gasteiger partial charge in [0.2, 0.25) is 5.95 Å². The predicted molar refractivity (Wildman–Crippen MR) is 70.9 cm³/mol. The molecule has 1 aliphatic heterocycles. The Labute approximate surface area is 108 Å². The van der Waals surface area contributed by atoms with Gasteiger partial charge in [-0.1, -0.05) is 0 Å². The highest BCUT2D eigenvalue weighted by Crippen LogP contribution is 2.13. The van der Waals surface area contributed by atoms with E-state index in [9.17, 15) is 0 Å². The van der Waals surface area contributed by atoms with E-state index in [0.29, 0.717) is 12.1 Å². The Hall–Kier alpha value is -1.14. The Balaban J connectivity index is 1.92. The second-order valence-corrected chi connectivity index (χ2v) is 5.05. The molecule has 6 heteroatoms. The van der Waals surface area contributed by atoms with Gasteiger partial charge in [-0.15, -0.1) is 5.10 Å². The number of nitrogens with one attached hydrogen (secondary N) is 2. The predicted octanol–water partition coefficient (Wildman–Crippen LogP) is 0.570. The topological polar surface area (TPSA) is 66.1 Å². The van der Waals surface area contributed by atoms with E-state index in [4.69, 9.17) is 4.74 Å². The fourth-order valence-corrected chi connectivity index (χ4v) is 2.41. The maximum absolute atomic E-state index is 5.03. The Kier molecular flexibility index (Phi) is 4.54. The summed E-state index contributed by atoms with van der Waals surface area (Å²) in [5.74, 6) is 1.77. The number of hydrogen-bond acceptors (Lipinski definition) is 5. The minimum atomic E-state index is 0.476. The molecule has 1 saturated heterocycles. The van der Waals surface area contributed by atoms with Gasteiger partial charge < -0.3 is 15.0 Å². The molecule has 0 spiro atoms. The number of nitrogens with zero attached hydrogens (tertiary/aromatic N) is 3. The highest BCUT2D eigenvalue weighted by molar-refractivity contribution is 5.30. The van der Waals surface area contributed by atoms with E-state index in [1.165, 1.54) is 0 Å². The van der Waals surface area contributed by atoms with Crippen molar-refractivity contribution in [2.45, 2.75) is 38.8 Å². The molecule has 0 aliphatic carbocycles. The van der Waals surface area contributed by atoms with Gasteiger partial charge in [0.1, 0.15) is 5.82 Å². The average molecular weight is 253 g/mol. The van der Waals surface area contributed by atoms with Crippen molar-refractivity contribution in [3.8, 4) is 0 Å². The zero-order valence-electron chi connectivity index (χ0n) is 11.4. The third-order valence-electron chi connectivity index (χ3n) is 3.12. The SMILES string of the molecule is COCCCc1nc(N2CC(C)NC(C)C2)n[nH]1. The highest BCUT2D eigenvalue weighted by atomic mass is 16.5. The second kappa shape index (κ2) is 6.15. The molecule has 2 rings (SSSR count). The summed E-state index contributed by atoms with van der Waals surface area (Å²) in [6.07, 6.45) is 1.86. The van der Waals surface area contributed by atoms with E-state index < -0.39 is 0 Å². The molecule has 2 unspecified atom stereocenters. The Bertz CT molecular complexity index is 357. The number of H-pyrrole nitrogens is 1. The van der Waals surface area contributed by atoms with E-state index >= 15 is 0 Å². The molecule has 2 atom stereocenters. The first-order valence-corrected chi connectivity index (χ1v) is 6.60. The van der Waals surface area contributed by atoms with Crippen molar-refractivity contribution in [3.05, 3.63) is 5.82 Å². The van der Waals surface area contributed by atoms with E-state index in [0.717, 1.165) is 44.3 Å². The van der Waals surface area contributed by atoms with Gasteiger partial charge in [-0.3, -0.25) is 5.10 Å². The van der Waals surface area contributed by atoms with Crippen molar-refractivity contribution in [2.24, 2.45) is 0 Å². The summed E-state index contributed by atoms with van der Waals surface area (Å²) in [6, 6.07) is 0.952. The number of anilines is 1. The van der Waals surface area contributed by atoms with Crippen LogP contribution < -0.4 is 10.2 Å². The molecule has 0 bridgehead atoms. The minimum absolute atomic E-state index is 0.476. The normalized spacial score (nSPS) is 24.5. The lowest BCUT2D eigenvalue weighted by Gasteiger charge is -2.35. The monoisotopic (exact) mass is 253 g/mol. The van der Waals surface area contributed by atoms with E-state index in [2.05, 4.69) is 39.2 Å². The van der Waals surface area contributed by atoms with Crippen LogP contribution in [-0.2, 0) is 11.2 Å². The summed E-state index contributed by atoms with van der Waals surface area (Å²) in [6.45, 7) is 7.06. The Morgan fingerprint density at radius 3 is 2.72 bits per heavy atom. The molecule has 0 radical (unpaired) electrons. The van der Waals surface area contributed by atoms with Crippen molar-refractivity contribution < 1.29 is 4.74 Å². The zero-order chi connectivity index (χ0) is 13.0. The lowest BCUT2D eigenvalue weighted by Crippen LogP contribution is -2.54. The zero-order valence-corrected chi connectivity index (χ0v) is 11.4. The van der Waals surface area contributed by atoms with Crippen LogP contribution in [0.15, 0.2) is 0 Å². The van der Waals surface area contributed by atoms with Gasteiger partial charge in [0.25, 0.3) is 0 Å². The van der Waals surface area contributed by atoms with E-state index in [1.54, 1.807) is 7.11 Å². The van der Waals surface area contributed by atoms with Crippen LogP contribution in [0.1, 0.15) is 26.1 Å². The number of rotatable bonds is 5. The number of methoxy groups -OCH3 is 1. The summed E-state index contributed by atoms with van der Waals surface area (Å²) in [5.41, 5.74) is 0. The van der Waals surface area contributed by atoms with Crippen molar-refractivity contribution in [1.29, 1.82) is 0 Å². The summed E-state index contributed by atoms with van der Waals surface area (Å²) in [5, 5.41) is 10.8. The summed E-state index contributed by atoms with van der Waals surface area (Å²) in [4.78, 5) is 6.79. The maximum atomic E-state index is 5.03. The van der Waals surface area contributed by atoms with Crippen LogP contribution in [0.2, 0.25) is 0 Å². The molecule has 0 saturated carbocycles. The molecule has 1 aliphatic rings. The molecule has 0 amide bonds. The number of aromatic nitrogens is 3. The number of aromatic amines is 1. The third-order valence-corrected chi connectivity index (χ3v) is 3.12. The van der Waals surface area contributed by atoms with Crippen molar-refractivity contribution in [3.63, 3.8) is 0 Å². The van der Waals surface area contributed by atoms with E-state index in [-0.39, 0.29) is 0 Å². The van der Waals surface area contributed by atoms with Gasteiger partial charge >= 0.3 is 0 Å². The average Bonchev–Trinajstić information content (AvgIpc) is 2.77.